The van der Waals surface area contributed by atoms with Gasteiger partial charge in [-0.05, 0) is 59.7 Å². The minimum absolute atomic E-state index is 0.398. The Morgan fingerprint density at radius 2 is 2.06 bits per heavy atom. The van der Waals surface area contributed by atoms with Crippen molar-refractivity contribution in [3.8, 4) is 5.75 Å². The quantitative estimate of drug-likeness (QED) is 0.849. The minimum Gasteiger partial charge on any atom is -0.507 e. The fraction of sp³-hybridized carbons (Fsp3) is 0.538. The lowest BCUT2D eigenvalue weighted by Gasteiger charge is -2.26. The number of phenolic OH excluding ortho intramolecular Hbond substituents is 1. The summed E-state index contributed by atoms with van der Waals surface area (Å²) in [7, 11) is 0. The molecule has 0 aromatic heterocycles. The van der Waals surface area contributed by atoms with Crippen LogP contribution in [-0.2, 0) is 11.2 Å². The van der Waals surface area contributed by atoms with Crippen molar-refractivity contribution in [3.63, 3.8) is 0 Å². The van der Waals surface area contributed by atoms with Crippen LogP contribution < -0.4 is 0 Å². The summed E-state index contributed by atoms with van der Waals surface area (Å²) in [5, 5.41) is 9.61. The molecule has 4 heteroatoms. The van der Waals surface area contributed by atoms with Gasteiger partial charge in [0.1, 0.15) is 5.75 Å². The molecule has 1 aromatic rings. The smallest absolute Gasteiger partial charge is 0.129 e. The molecule has 94 valence electrons. The first-order valence-corrected chi connectivity index (χ1v) is 7.11. The van der Waals surface area contributed by atoms with Gasteiger partial charge in [0.25, 0.3) is 0 Å². The molecule has 1 aliphatic rings. The fourth-order valence-corrected chi connectivity index (χ4v) is 2.38. The SMILES string of the molecule is Oc1cc(CCCN2CCOCC2)ccc1I. The number of aromatic hydroxyl groups is 1. The van der Waals surface area contributed by atoms with Gasteiger partial charge in [0.05, 0.1) is 16.8 Å². The predicted octanol–water partition coefficient (Wildman–Crippen LogP) is 2.26. The van der Waals surface area contributed by atoms with Crippen molar-refractivity contribution in [3.05, 3.63) is 27.3 Å². The summed E-state index contributed by atoms with van der Waals surface area (Å²) in [6.07, 6.45) is 2.17. The summed E-state index contributed by atoms with van der Waals surface area (Å²) >= 11 is 2.14. The second-order valence-corrected chi connectivity index (χ2v) is 5.51. The second-order valence-electron chi connectivity index (χ2n) is 4.34. The van der Waals surface area contributed by atoms with E-state index in [1.165, 1.54) is 5.56 Å². The standard InChI is InChI=1S/C13H18INO2/c14-12-4-3-11(10-13(12)16)2-1-5-15-6-8-17-9-7-15/h3-4,10,16H,1-2,5-9H2. The number of aryl methyl sites for hydroxylation is 1. The van der Waals surface area contributed by atoms with Crippen LogP contribution in [0.1, 0.15) is 12.0 Å². The number of ether oxygens (including phenoxy) is 1. The average molecular weight is 347 g/mol. The van der Waals surface area contributed by atoms with Crippen LogP contribution >= 0.6 is 22.6 Å². The Bertz CT molecular complexity index is 364. The molecule has 0 spiro atoms. The van der Waals surface area contributed by atoms with Crippen molar-refractivity contribution >= 4 is 22.6 Å². The summed E-state index contributed by atoms with van der Waals surface area (Å²) in [6, 6.07) is 5.95. The number of hydrogen-bond donors (Lipinski definition) is 1. The Kier molecular flexibility index (Phi) is 5.06. The molecule has 0 unspecified atom stereocenters. The Hall–Kier alpha value is -0.330. The van der Waals surface area contributed by atoms with E-state index in [1.54, 1.807) is 0 Å². The van der Waals surface area contributed by atoms with Crippen LogP contribution in [0.2, 0.25) is 0 Å². The zero-order valence-electron chi connectivity index (χ0n) is 9.86. The first kappa shape index (κ1) is 13.1. The topological polar surface area (TPSA) is 32.7 Å². The van der Waals surface area contributed by atoms with Gasteiger partial charge in [-0.2, -0.15) is 0 Å². The fourth-order valence-electron chi connectivity index (χ4n) is 2.05. The lowest BCUT2D eigenvalue weighted by atomic mass is 10.1. The molecule has 0 amide bonds. The highest BCUT2D eigenvalue weighted by Crippen LogP contribution is 2.21. The van der Waals surface area contributed by atoms with Crippen LogP contribution in [0.5, 0.6) is 5.75 Å². The maximum Gasteiger partial charge on any atom is 0.129 e. The minimum atomic E-state index is 0.398. The number of phenols is 1. The van der Waals surface area contributed by atoms with Gasteiger partial charge in [-0.15, -0.1) is 0 Å². The Morgan fingerprint density at radius 3 is 2.76 bits per heavy atom. The van der Waals surface area contributed by atoms with Crippen LogP contribution in [0.25, 0.3) is 0 Å². The van der Waals surface area contributed by atoms with Crippen LogP contribution in [0, 0.1) is 3.57 Å². The molecule has 0 radical (unpaired) electrons. The molecule has 0 aliphatic carbocycles. The Balaban J connectivity index is 1.75. The summed E-state index contributed by atoms with van der Waals surface area (Å²) < 4.78 is 6.23. The van der Waals surface area contributed by atoms with Crippen molar-refractivity contribution in [1.82, 2.24) is 4.90 Å². The van der Waals surface area contributed by atoms with E-state index in [1.807, 2.05) is 12.1 Å². The van der Waals surface area contributed by atoms with E-state index >= 15 is 0 Å². The van der Waals surface area contributed by atoms with Gasteiger partial charge in [-0.3, -0.25) is 4.90 Å². The number of nitrogens with zero attached hydrogens (tertiary/aromatic N) is 1. The van der Waals surface area contributed by atoms with E-state index in [4.69, 9.17) is 4.74 Å². The molecule has 17 heavy (non-hydrogen) atoms. The zero-order valence-corrected chi connectivity index (χ0v) is 12.0. The number of halogens is 1. The molecule has 2 rings (SSSR count). The van der Waals surface area contributed by atoms with Crippen LogP contribution in [0.15, 0.2) is 18.2 Å². The molecule has 3 nitrogen and oxygen atoms in total. The van der Waals surface area contributed by atoms with Gasteiger partial charge in [-0.25, -0.2) is 0 Å². The number of rotatable bonds is 4. The summed E-state index contributed by atoms with van der Waals surface area (Å²) in [6.45, 7) is 4.96. The molecule has 1 aromatic carbocycles. The van der Waals surface area contributed by atoms with Crippen molar-refractivity contribution in [2.24, 2.45) is 0 Å². The Labute approximate surface area is 116 Å². The van der Waals surface area contributed by atoms with Crippen LogP contribution in [0.4, 0.5) is 0 Å². The predicted molar refractivity (Wildman–Crippen MR) is 76.4 cm³/mol. The van der Waals surface area contributed by atoms with E-state index in [-0.39, 0.29) is 0 Å². The molecule has 1 saturated heterocycles. The molecular formula is C13H18INO2. The van der Waals surface area contributed by atoms with E-state index in [0.29, 0.717) is 5.75 Å². The highest BCUT2D eigenvalue weighted by Gasteiger charge is 2.09. The van der Waals surface area contributed by atoms with E-state index in [2.05, 4.69) is 33.6 Å². The molecule has 1 aliphatic heterocycles. The zero-order chi connectivity index (χ0) is 12.1. The van der Waals surface area contributed by atoms with Crippen molar-refractivity contribution in [2.45, 2.75) is 12.8 Å². The van der Waals surface area contributed by atoms with Crippen molar-refractivity contribution in [2.75, 3.05) is 32.8 Å². The third kappa shape index (κ3) is 4.12. The lowest BCUT2D eigenvalue weighted by molar-refractivity contribution is 0.0374. The van der Waals surface area contributed by atoms with Gasteiger partial charge in [-0.1, -0.05) is 6.07 Å². The van der Waals surface area contributed by atoms with E-state index in [9.17, 15) is 5.11 Å². The van der Waals surface area contributed by atoms with Crippen molar-refractivity contribution in [1.29, 1.82) is 0 Å². The Morgan fingerprint density at radius 1 is 1.29 bits per heavy atom. The highest BCUT2D eigenvalue weighted by molar-refractivity contribution is 14.1. The number of benzene rings is 1. The summed E-state index contributed by atoms with van der Waals surface area (Å²) in [5.41, 5.74) is 1.22. The lowest BCUT2D eigenvalue weighted by Crippen LogP contribution is -2.36. The van der Waals surface area contributed by atoms with Gasteiger partial charge >= 0.3 is 0 Å². The molecule has 1 fully saturated rings. The van der Waals surface area contributed by atoms with Gasteiger partial charge in [0.15, 0.2) is 0 Å². The van der Waals surface area contributed by atoms with Crippen LogP contribution in [0.3, 0.4) is 0 Å². The maximum absolute atomic E-state index is 9.61. The van der Waals surface area contributed by atoms with Crippen LogP contribution in [-0.4, -0.2) is 42.9 Å². The normalized spacial score (nSPS) is 17.2. The molecule has 0 bridgehead atoms. The first-order valence-electron chi connectivity index (χ1n) is 6.03. The third-order valence-corrected chi connectivity index (χ3v) is 3.97. The highest BCUT2D eigenvalue weighted by atomic mass is 127. The largest absolute Gasteiger partial charge is 0.507 e. The number of hydrogen-bond acceptors (Lipinski definition) is 3. The second kappa shape index (κ2) is 6.56. The molecule has 0 saturated carbocycles. The summed E-state index contributed by atoms with van der Waals surface area (Å²) in [5.74, 6) is 0.398. The third-order valence-electron chi connectivity index (χ3n) is 3.05. The molecule has 1 N–H and O–H groups in total. The van der Waals surface area contributed by atoms with E-state index in [0.717, 1.165) is 49.3 Å². The van der Waals surface area contributed by atoms with Gasteiger partial charge in [0, 0.05) is 13.1 Å². The monoisotopic (exact) mass is 347 g/mol. The molecule has 0 atom stereocenters. The first-order chi connectivity index (χ1) is 8.25. The van der Waals surface area contributed by atoms with Gasteiger partial charge < -0.3 is 9.84 Å². The maximum atomic E-state index is 9.61. The van der Waals surface area contributed by atoms with Gasteiger partial charge in [0.2, 0.25) is 0 Å². The number of morpholine rings is 1. The summed E-state index contributed by atoms with van der Waals surface area (Å²) in [4.78, 5) is 2.44. The van der Waals surface area contributed by atoms with E-state index < -0.39 is 0 Å². The average Bonchev–Trinajstić information content (AvgIpc) is 2.35. The van der Waals surface area contributed by atoms with Crippen molar-refractivity contribution < 1.29 is 9.84 Å². The molecule has 1 heterocycles. The molecular weight excluding hydrogens is 329 g/mol.